The molecule has 1 amide bonds. The monoisotopic (exact) mass is 532 g/mol. The third kappa shape index (κ3) is 4.56. The Kier molecular flexibility index (Phi) is 6.67. The number of nitrogens with one attached hydrogen (secondary N) is 1. The number of anilines is 2. The lowest BCUT2D eigenvalue weighted by molar-refractivity contribution is 0.102. The summed E-state index contributed by atoms with van der Waals surface area (Å²) in [6.45, 7) is 1.98. The normalized spacial score (nSPS) is 16.8. The van der Waals surface area contributed by atoms with Gasteiger partial charge in [-0.25, -0.2) is 8.42 Å². The molecule has 4 aromatic rings. The zero-order valence-corrected chi connectivity index (χ0v) is 21.8. The average Bonchev–Trinajstić information content (AvgIpc) is 3.21. The molecule has 8 heteroatoms. The molecule has 188 valence electrons. The van der Waals surface area contributed by atoms with Gasteiger partial charge in [-0.05, 0) is 53.6 Å². The maximum absolute atomic E-state index is 14.0. The smallest absolute Gasteiger partial charge is 0.264 e. The molecule has 0 aliphatic carbocycles. The number of fused-ring (bicyclic) bond motifs is 1. The van der Waals surface area contributed by atoms with E-state index in [4.69, 9.17) is 16.3 Å². The van der Waals surface area contributed by atoms with E-state index in [0.29, 0.717) is 27.7 Å². The van der Waals surface area contributed by atoms with E-state index >= 15 is 0 Å². The van der Waals surface area contributed by atoms with Gasteiger partial charge in [0.15, 0.2) is 0 Å². The van der Waals surface area contributed by atoms with E-state index in [1.165, 1.54) is 11.4 Å². The van der Waals surface area contributed by atoms with Crippen molar-refractivity contribution in [3.63, 3.8) is 0 Å². The lowest BCUT2D eigenvalue weighted by Gasteiger charge is -2.29. The molecule has 5 rings (SSSR count). The van der Waals surface area contributed by atoms with Crippen molar-refractivity contribution in [2.45, 2.75) is 23.8 Å². The number of amides is 1. The Morgan fingerprint density at radius 3 is 2.16 bits per heavy atom. The minimum atomic E-state index is -3.94. The van der Waals surface area contributed by atoms with E-state index in [1.54, 1.807) is 72.8 Å². The summed E-state index contributed by atoms with van der Waals surface area (Å²) in [5.41, 5.74) is 3.07. The summed E-state index contributed by atoms with van der Waals surface area (Å²) in [4.78, 5) is 13.1. The molecule has 37 heavy (non-hydrogen) atoms. The molecule has 1 aliphatic heterocycles. The minimum Gasteiger partial charge on any atom is -0.494 e. The van der Waals surface area contributed by atoms with Crippen LogP contribution in [0.25, 0.3) is 0 Å². The van der Waals surface area contributed by atoms with Gasteiger partial charge < -0.3 is 10.1 Å². The molecular formula is C29H25ClN2O4S. The van der Waals surface area contributed by atoms with Crippen molar-refractivity contribution < 1.29 is 17.9 Å². The molecule has 0 bridgehead atoms. The second kappa shape index (κ2) is 9.92. The number of hydrogen-bond donors (Lipinski definition) is 1. The second-order valence-corrected chi connectivity index (χ2v) is 11.1. The van der Waals surface area contributed by atoms with Crippen LogP contribution in [0.15, 0.2) is 102 Å². The summed E-state index contributed by atoms with van der Waals surface area (Å²) in [6, 6.07) is 27.4. The molecule has 1 aliphatic rings. The molecule has 1 N–H and O–H groups in total. The Balaban J connectivity index is 1.65. The maximum Gasteiger partial charge on any atom is 0.264 e. The predicted octanol–water partition coefficient (Wildman–Crippen LogP) is 6.65. The zero-order valence-electron chi connectivity index (χ0n) is 20.3. The highest BCUT2D eigenvalue weighted by Gasteiger charge is 2.44. The van der Waals surface area contributed by atoms with Crippen LogP contribution in [0.2, 0.25) is 5.02 Å². The number of halogens is 1. The Bertz CT molecular complexity index is 1540. The van der Waals surface area contributed by atoms with Gasteiger partial charge in [-0.15, -0.1) is 0 Å². The topological polar surface area (TPSA) is 75.7 Å². The first-order chi connectivity index (χ1) is 17.8. The SMILES string of the molecule is COc1cc2c(cc1NC(=O)c1ccccc1)[C@H](C)[C@@H](c1ccc(Cl)cc1)N2S(=O)(=O)c1ccccc1. The highest BCUT2D eigenvalue weighted by Crippen LogP contribution is 2.53. The molecule has 2 atom stereocenters. The van der Waals surface area contributed by atoms with Crippen molar-refractivity contribution in [1.82, 2.24) is 0 Å². The second-order valence-electron chi connectivity index (χ2n) is 8.83. The molecule has 0 aromatic heterocycles. The predicted molar refractivity (Wildman–Crippen MR) is 146 cm³/mol. The molecule has 0 fully saturated rings. The lowest BCUT2D eigenvalue weighted by Crippen LogP contribution is -2.33. The summed E-state index contributed by atoms with van der Waals surface area (Å²) in [7, 11) is -2.45. The highest BCUT2D eigenvalue weighted by molar-refractivity contribution is 7.92. The minimum absolute atomic E-state index is 0.189. The lowest BCUT2D eigenvalue weighted by atomic mass is 9.92. The van der Waals surface area contributed by atoms with Crippen LogP contribution in [0.4, 0.5) is 11.4 Å². The van der Waals surface area contributed by atoms with Gasteiger partial charge in [0.2, 0.25) is 0 Å². The van der Waals surface area contributed by atoms with Gasteiger partial charge in [0.25, 0.3) is 15.9 Å². The van der Waals surface area contributed by atoms with Crippen LogP contribution in [0.1, 0.15) is 40.4 Å². The van der Waals surface area contributed by atoms with Crippen molar-refractivity contribution >= 4 is 38.9 Å². The van der Waals surface area contributed by atoms with Crippen molar-refractivity contribution in [1.29, 1.82) is 0 Å². The van der Waals surface area contributed by atoms with E-state index in [2.05, 4.69) is 5.32 Å². The molecule has 0 saturated heterocycles. The van der Waals surface area contributed by atoms with E-state index < -0.39 is 16.1 Å². The zero-order chi connectivity index (χ0) is 26.2. The van der Waals surface area contributed by atoms with Gasteiger partial charge in [0.1, 0.15) is 5.75 Å². The fourth-order valence-electron chi connectivity index (χ4n) is 4.78. The van der Waals surface area contributed by atoms with Crippen LogP contribution < -0.4 is 14.4 Å². The molecular weight excluding hydrogens is 508 g/mol. The number of nitrogens with zero attached hydrogens (tertiary/aromatic N) is 1. The van der Waals surface area contributed by atoms with E-state index in [0.717, 1.165) is 11.1 Å². The Hall–Kier alpha value is -3.81. The third-order valence-corrected chi connectivity index (χ3v) is 8.66. The first-order valence-corrected chi connectivity index (χ1v) is 13.6. The van der Waals surface area contributed by atoms with Gasteiger partial charge >= 0.3 is 0 Å². The van der Waals surface area contributed by atoms with Crippen molar-refractivity contribution in [2.75, 3.05) is 16.7 Å². The van der Waals surface area contributed by atoms with Crippen molar-refractivity contribution in [3.8, 4) is 5.75 Å². The van der Waals surface area contributed by atoms with Gasteiger partial charge in [-0.3, -0.25) is 9.10 Å². The van der Waals surface area contributed by atoms with Crippen LogP contribution in [0.5, 0.6) is 5.75 Å². The van der Waals surface area contributed by atoms with E-state index in [9.17, 15) is 13.2 Å². The Labute approximate surface area is 221 Å². The highest BCUT2D eigenvalue weighted by atomic mass is 35.5. The molecule has 0 unspecified atom stereocenters. The summed E-state index contributed by atoms with van der Waals surface area (Å²) in [6.07, 6.45) is 0. The average molecular weight is 533 g/mol. The first-order valence-electron chi connectivity index (χ1n) is 11.7. The van der Waals surface area contributed by atoms with Crippen LogP contribution in [0, 0.1) is 0 Å². The van der Waals surface area contributed by atoms with Crippen molar-refractivity contribution in [2.24, 2.45) is 0 Å². The fraction of sp³-hybridized carbons (Fsp3) is 0.138. The van der Waals surface area contributed by atoms with Crippen LogP contribution in [-0.2, 0) is 10.0 Å². The van der Waals surface area contributed by atoms with Gasteiger partial charge in [-0.1, -0.05) is 67.1 Å². The first kappa shape index (κ1) is 24.9. The third-order valence-electron chi connectivity index (χ3n) is 6.60. The van der Waals surface area contributed by atoms with E-state index in [-0.39, 0.29) is 16.7 Å². The molecule has 0 radical (unpaired) electrons. The largest absolute Gasteiger partial charge is 0.494 e. The number of hydrogen-bond acceptors (Lipinski definition) is 4. The van der Waals surface area contributed by atoms with Gasteiger partial charge in [-0.2, -0.15) is 0 Å². The number of carbonyl (C=O) groups excluding carboxylic acids is 1. The summed E-state index contributed by atoms with van der Waals surface area (Å²) in [5.74, 6) is -0.152. The van der Waals surface area contributed by atoms with Gasteiger partial charge in [0.05, 0.1) is 29.4 Å². The number of ether oxygens (including phenoxy) is 1. The molecule has 6 nitrogen and oxygen atoms in total. The number of methoxy groups -OCH3 is 1. The van der Waals surface area contributed by atoms with Crippen LogP contribution in [0.3, 0.4) is 0 Å². The number of benzene rings is 4. The van der Waals surface area contributed by atoms with Gasteiger partial charge in [0, 0.05) is 22.6 Å². The molecule has 1 heterocycles. The Morgan fingerprint density at radius 2 is 1.54 bits per heavy atom. The molecule has 4 aromatic carbocycles. The van der Waals surface area contributed by atoms with Crippen LogP contribution in [-0.4, -0.2) is 21.4 Å². The Morgan fingerprint density at radius 1 is 0.919 bits per heavy atom. The summed E-state index contributed by atoms with van der Waals surface area (Å²) in [5, 5.41) is 3.49. The number of rotatable bonds is 6. The maximum atomic E-state index is 14.0. The van der Waals surface area contributed by atoms with E-state index in [1.807, 2.05) is 31.2 Å². The fourth-order valence-corrected chi connectivity index (χ4v) is 6.66. The van der Waals surface area contributed by atoms with Crippen molar-refractivity contribution in [3.05, 3.63) is 119 Å². The summed E-state index contributed by atoms with van der Waals surface area (Å²) < 4.78 is 35.1. The molecule has 0 saturated carbocycles. The standard InChI is InChI=1S/C29H25ClN2O4S/c1-19-24-17-25(31-29(33)21-9-5-3-6-10-21)27(36-2)18-26(24)32(28(19)20-13-15-22(30)16-14-20)37(34,35)23-11-7-4-8-12-23/h3-19,28H,1-2H3,(H,31,33)/t19-,28-/m0/s1. The quantitative estimate of drug-likeness (QED) is 0.301. The molecule has 0 spiro atoms. The number of carbonyl (C=O) groups is 1. The van der Waals surface area contributed by atoms with Crippen LogP contribution >= 0.6 is 11.6 Å². The summed E-state index contributed by atoms with van der Waals surface area (Å²) >= 11 is 6.14. The number of sulfonamides is 1.